The topological polar surface area (TPSA) is 70.6 Å². The molecule has 1 fully saturated rings. The SMILES string of the molecule is C=CCN1C(=O)C(=O)N(Cc2csc(-c3ccc(C)cc3)n2)C1=O. The molecule has 1 aliphatic heterocycles. The first-order valence-electron chi connectivity index (χ1n) is 7.31. The minimum atomic E-state index is -0.827. The van der Waals surface area contributed by atoms with E-state index >= 15 is 0 Å². The van der Waals surface area contributed by atoms with Crippen LogP contribution in [0.4, 0.5) is 4.79 Å². The first-order valence-corrected chi connectivity index (χ1v) is 8.19. The van der Waals surface area contributed by atoms with Gasteiger partial charge in [0.2, 0.25) is 0 Å². The van der Waals surface area contributed by atoms with Crippen molar-refractivity contribution >= 4 is 29.2 Å². The van der Waals surface area contributed by atoms with Crippen LogP contribution in [-0.2, 0) is 16.1 Å². The van der Waals surface area contributed by atoms with E-state index in [0.29, 0.717) is 5.69 Å². The number of rotatable bonds is 5. The largest absolute Gasteiger partial charge is 0.334 e. The van der Waals surface area contributed by atoms with E-state index in [1.807, 2.05) is 31.2 Å². The van der Waals surface area contributed by atoms with E-state index in [1.54, 1.807) is 5.38 Å². The van der Waals surface area contributed by atoms with E-state index in [9.17, 15) is 14.4 Å². The van der Waals surface area contributed by atoms with Gasteiger partial charge in [-0.25, -0.2) is 14.7 Å². The molecule has 7 heteroatoms. The number of nitrogens with zero attached hydrogens (tertiary/aromatic N) is 3. The van der Waals surface area contributed by atoms with E-state index in [-0.39, 0.29) is 13.1 Å². The molecule has 0 atom stereocenters. The maximum Gasteiger partial charge on any atom is 0.334 e. The highest BCUT2D eigenvalue weighted by Gasteiger charge is 2.43. The molecule has 6 nitrogen and oxygen atoms in total. The normalized spacial score (nSPS) is 14.6. The minimum absolute atomic E-state index is 0.0145. The van der Waals surface area contributed by atoms with Gasteiger partial charge in [-0.05, 0) is 6.92 Å². The molecule has 1 aromatic heterocycles. The molecule has 2 aromatic rings. The summed E-state index contributed by atoms with van der Waals surface area (Å²) in [4.78, 5) is 42.2. The molecule has 0 unspecified atom stereocenters. The van der Waals surface area contributed by atoms with Gasteiger partial charge in [0, 0.05) is 17.5 Å². The van der Waals surface area contributed by atoms with Crippen LogP contribution in [0.3, 0.4) is 0 Å². The van der Waals surface area contributed by atoms with Crippen LogP contribution in [0, 0.1) is 6.92 Å². The van der Waals surface area contributed by atoms with E-state index < -0.39 is 17.8 Å². The van der Waals surface area contributed by atoms with E-state index in [1.165, 1.54) is 17.4 Å². The second-order valence-corrected chi connectivity index (χ2v) is 6.25. The summed E-state index contributed by atoms with van der Waals surface area (Å²) in [6.45, 7) is 5.50. The predicted octanol–water partition coefficient (Wildman–Crippen LogP) is 2.60. The first-order chi connectivity index (χ1) is 11.5. The summed E-state index contributed by atoms with van der Waals surface area (Å²) in [5.41, 5.74) is 2.70. The van der Waals surface area contributed by atoms with Crippen molar-refractivity contribution in [3.05, 3.63) is 53.6 Å². The van der Waals surface area contributed by atoms with Crippen LogP contribution >= 0.6 is 11.3 Å². The fourth-order valence-electron chi connectivity index (χ4n) is 2.35. The molecule has 1 aromatic carbocycles. The zero-order chi connectivity index (χ0) is 17.3. The fourth-order valence-corrected chi connectivity index (χ4v) is 3.17. The van der Waals surface area contributed by atoms with Gasteiger partial charge in [0.15, 0.2) is 0 Å². The lowest BCUT2D eigenvalue weighted by Gasteiger charge is -2.12. The second kappa shape index (κ2) is 6.37. The van der Waals surface area contributed by atoms with Crippen LogP contribution in [0.5, 0.6) is 0 Å². The molecule has 122 valence electrons. The number of imide groups is 2. The molecule has 1 saturated heterocycles. The number of benzene rings is 1. The Balaban J connectivity index is 1.78. The highest BCUT2D eigenvalue weighted by molar-refractivity contribution is 7.13. The number of amides is 4. The van der Waals surface area contributed by atoms with Gasteiger partial charge in [-0.3, -0.25) is 14.5 Å². The highest BCUT2D eigenvalue weighted by atomic mass is 32.1. The Kier molecular flexibility index (Phi) is 4.26. The van der Waals surface area contributed by atoms with E-state index in [4.69, 9.17) is 0 Å². The molecule has 24 heavy (non-hydrogen) atoms. The molecule has 0 aliphatic carbocycles. The van der Waals surface area contributed by atoms with Gasteiger partial charge in [0.05, 0.1) is 12.2 Å². The zero-order valence-corrected chi connectivity index (χ0v) is 13.9. The predicted molar refractivity (Wildman–Crippen MR) is 90.1 cm³/mol. The van der Waals surface area contributed by atoms with Crippen molar-refractivity contribution < 1.29 is 14.4 Å². The third kappa shape index (κ3) is 2.85. The van der Waals surface area contributed by atoms with Gasteiger partial charge >= 0.3 is 17.8 Å². The Morgan fingerprint density at radius 3 is 2.46 bits per heavy atom. The molecular formula is C17H15N3O3S. The maximum atomic E-state index is 12.2. The average Bonchev–Trinajstić information content (AvgIpc) is 3.11. The van der Waals surface area contributed by atoms with Crippen LogP contribution in [-0.4, -0.2) is 39.2 Å². The van der Waals surface area contributed by atoms with Crippen LogP contribution in [0.2, 0.25) is 0 Å². The Morgan fingerprint density at radius 1 is 1.12 bits per heavy atom. The molecule has 2 heterocycles. The molecule has 0 spiro atoms. The number of hydrogen-bond donors (Lipinski definition) is 0. The van der Waals surface area contributed by atoms with Crippen molar-refractivity contribution in [2.75, 3.05) is 6.54 Å². The highest BCUT2D eigenvalue weighted by Crippen LogP contribution is 2.25. The summed E-state index contributed by atoms with van der Waals surface area (Å²) in [5, 5.41) is 2.59. The van der Waals surface area contributed by atoms with Gasteiger partial charge in [-0.15, -0.1) is 17.9 Å². The van der Waals surface area contributed by atoms with Gasteiger partial charge in [-0.1, -0.05) is 35.9 Å². The Morgan fingerprint density at radius 2 is 1.79 bits per heavy atom. The zero-order valence-electron chi connectivity index (χ0n) is 13.1. The van der Waals surface area contributed by atoms with Crippen molar-refractivity contribution in [3.63, 3.8) is 0 Å². The summed E-state index contributed by atoms with van der Waals surface area (Å²) in [7, 11) is 0. The minimum Gasteiger partial charge on any atom is -0.263 e. The van der Waals surface area contributed by atoms with Crippen LogP contribution in [0.25, 0.3) is 10.6 Å². The third-order valence-electron chi connectivity index (χ3n) is 3.62. The quantitative estimate of drug-likeness (QED) is 0.476. The molecule has 1 aliphatic rings. The summed E-state index contributed by atoms with van der Waals surface area (Å²) in [5.74, 6) is -1.65. The lowest BCUT2D eigenvalue weighted by Crippen LogP contribution is -2.33. The van der Waals surface area contributed by atoms with Crippen LogP contribution < -0.4 is 0 Å². The Labute approximate surface area is 143 Å². The molecular weight excluding hydrogens is 326 g/mol. The van der Waals surface area contributed by atoms with Crippen molar-refractivity contribution in [3.8, 4) is 10.6 Å². The average molecular weight is 341 g/mol. The Hall–Kier alpha value is -2.80. The summed E-state index contributed by atoms with van der Waals surface area (Å²) < 4.78 is 0. The number of carbonyl (C=O) groups is 3. The van der Waals surface area contributed by atoms with E-state index in [0.717, 1.165) is 25.9 Å². The number of thiazole rings is 1. The van der Waals surface area contributed by atoms with Crippen molar-refractivity contribution in [1.29, 1.82) is 0 Å². The van der Waals surface area contributed by atoms with Gasteiger partial charge in [0.25, 0.3) is 0 Å². The maximum absolute atomic E-state index is 12.2. The van der Waals surface area contributed by atoms with E-state index in [2.05, 4.69) is 11.6 Å². The third-order valence-corrected chi connectivity index (χ3v) is 4.56. The molecule has 0 radical (unpaired) electrons. The molecule has 0 saturated carbocycles. The van der Waals surface area contributed by atoms with Crippen molar-refractivity contribution in [2.24, 2.45) is 0 Å². The molecule has 4 amide bonds. The second-order valence-electron chi connectivity index (χ2n) is 5.39. The number of carbonyl (C=O) groups excluding carboxylic acids is 3. The first kappa shape index (κ1) is 16.1. The fraction of sp³-hybridized carbons (Fsp3) is 0.176. The van der Waals surface area contributed by atoms with Crippen LogP contribution in [0.15, 0.2) is 42.3 Å². The Bertz CT molecular complexity index is 826. The van der Waals surface area contributed by atoms with Gasteiger partial charge in [0.1, 0.15) is 5.01 Å². The number of hydrogen-bond acceptors (Lipinski definition) is 5. The summed E-state index contributed by atoms with van der Waals surface area (Å²) in [6.07, 6.45) is 1.41. The van der Waals surface area contributed by atoms with Crippen molar-refractivity contribution in [2.45, 2.75) is 13.5 Å². The monoisotopic (exact) mass is 341 g/mol. The standard InChI is InChI=1S/C17H15N3O3S/c1-3-8-19-15(21)16(22)20(17(19)23)9-13-10-24-14(18-13)12-6-4-11(2)5-7-12/h3-7,10H,1,8-9H2,2H3. The number of urea groups is 1. The summed E-state index contributed by atoms with van der Waals surface area (Å²) in [6, 6.07) is 7.31. The van der Waals surface area contributed by atoms with Crippen molar-refractivity contribution in [1.82, 2.24) is 14.8 Å². The number of aromatic nitrogens is 1. The lowest BCUT2D eigenvalue weighted by molar-refractivity contribution is -0.143. The van der Waals surface area contributed by atoms with Gasteiger partial charge in [-0.2, -0.15) is 0 Å². The molecule has 0 N–H and O–H groups in total. The summed E-state index contributed by atoms with van der Waals surface area (Å²) >= 11 is 1.43. The number of aryl methyl sites for hydroxylation is 1. The molecule has 0 bridgehead atoms. The lowest BCUT2D eigenvalue weighted by atomic mass is 10.2. The van der Waals surface area contributed by atoms with Gasteiger partial charge < -0.3 is 0 Å². The molecule has 3 rings (SSSR count). The van der Waals surface area contributed by atoms with Crippen LogP contribution in [0.1, 0.15) is 11.3 Å². The smallest absolute Gasteiger partial charge is 0.263 e.